The summed E-state index contributed by atoms with van der Waals surface area (Å²) in [6, 6.07) is 6.30. The molecule has 1 unspecified atom stereocenters. The Balaban J connectivity index is 2.82. The van der Waals surface area contributed by atoms with Gasteiger partial charge in [-0.2, -0.15) is 0 Å². The summed E-state index contributed by atoms with van der Waals surface area (Å²) in [6.45, 7) is 5.55. The van der Waals surface area contributed by atoms with Gasteiger partial charge in [0.15, 0.2) is 0 Å². The van der Waals surface area contributed by atoms with E-state index in [0.29, 0.717) is 12.1 Å². The molecule has 1 aromatic rings. The molecule has 1 rings (SSSR count). The van der Waals surface area contributed by atoms with Crippen LogP contribution in [0.1, 0.15) is 12.5 Å². The first kappa shape index (κ1) is 15.0. The second kappa shape index (κ2) is 6.80. The highest BCUT2D eigenvalue weighted by atomic mass is 16.7. The summed E-state index contributed by atoms with van der Waals surface area (Å²) in [7, 11) is 3.00. The van der Waals surface area contributed by atoms with Crippen molar-refractivity contribution in [2.75, 3.05) is 14.2 Å². The third kappa shape index (κ3) is 4.63. The SMILES string of the molecule is C=C(C)NC(Cc1ccc(O)cc1)C(=O)N(C)OC. The van der Waals surface area contributed by atoms with Gasteiger partial charge < -0.3 is 10.4 Å². The van der Waals surface area contributed by atoms with Crippen molar-refractivity contribution in [3.05, 3.63) is 42.1 Å². The highest BCUT2D eigenvalue weighted by Gasteiger charge is 2.22. The standard InChI is InChI=1S/C14H20N2O3/c1-10(2)15-13(14(18)16(3)19-4)9-11-5-7-12(17)8-6-11/h5-8,13,15,17H,1,9H2,2-4H3. The molecule has 0 aliphatic carbocycles. The smallest absolute Gasteiger partial charge is 0.268 e. The van der Waals surface area contributed by atoms with Crippen LogP contribution in [0.5, 0.6) is 5.75 Å². The lowest BCUT2D eigenvalue weighted by molar-refractivity contribution is -0.170. The Morgan fingerprint density at radius 2 is 2.05 bits per heavy atom. The molecule has 0 spiro atoms. The highest BCUT2D eigenvalue weighted by molar-refractivity contribution is 5.81. The monoisotopic (exact) mass is 264 g/mol. The summed E-state index contributed by atoms with van der Waals surface area (Å²) in [5, 5.41) is 13.5. The number of amides is 1. The lowest BCUT2D eigenvalue weighted by Crippen LogP contribution is -2.45. The number of rotatable bonds is 6. The van der Waals surface area contributed by atoms with Crippen LogP contribution in [0.15, 0.2) is 36.5 Å². The molecule has 5 heteroatoms. The van der Waals surface area contributed by atoms with Gasteiger partial charge in [-0.25, -0.2) is 5.06 Å². The molecule has 0 saturated carbocycles. The molecular weight excluding hydrogens is 244 g/mol. The minimum Gasteiger partial charge on any atom is -0.508 e. The van der Waals surface area contributed by atoms with Crippen molar-refractivity contribution in [1.29, 1.82) is 0 Å². The number of carbonyl (C=O) groups is 1. The van der Waals surface area contributed by atoms with Crippen LogP contribution in [0.4, 0.5) is 0 Å². The Hall–Kier alpha value is -2.01. The summed E-state index contributed by atoms with van der Waals surface area (Å²) in [4.78, 5) is 17.0. The van der Waals surface area contributed by atoms with Crippen LogP contribution >= 0.6 is 0 Å². The number of hydrogen-bond acceptors (Lipinski definition) is 4. The van der Waals surface area contributed by atoms with Crippen molar-refractivity contribution in [1.82, 2.24) is 10.4 Å². The molecule has 1 aromatic carbocycles. The first-order valence-corrected chi connectivity index (χ1v) is 5.95. The third-order valence-electron chi connectivity index (χ3n) is 2.68. The van der Waals surface area contributed by atoms with Crippen LogP contribution in [0.2, 0.25) is 0 Å². The number of carbonyl (C=O) groups excluding carboxylic acids is 1. The molecule has 0 aliphatic rings. The number of aromatic hydroxyl groups is 1. The minimum absolute atomic E-state index is 0.182. The fourth-order valence-corrected chi connectivity index (χ4v) is 1.67. The Kier molecular flexibility index (Phi) is 5.38. The summed E-state index contributed by atoms with van der Waals surface area (Å²) >= 11 is 0. The summed E-state index contributed by atoms with van der Waals surface area (Å²) in [6.07, 6.45) is 0.486. The molecular formula is C14H20N2O3. The number of hydroxylamine groups is 2. The molecule has 0 heterocycles. The fraction of sp³-hybridized carbons (Fsp3) is 0.357. The Morgan fingerprint density at radius 1 is 1.47 bits per heavy atom. The van der Waals surface area contributed by atoms with Crippen molar-refractivity contribution >= 4 is 5.91 Å². The number of nitrogens with one attached hydrogen (secondary N) is 1. The summed E-state index contributed by atoms with van der Waals surface area (Å²) in [5.74, 6) is 0.0204. The second-order valence-electron chi connectivity index (χ2n) is 4.37. The summed E-state index contributed by atoms with van der Waals surface area (Å²) < 4.78 is 0. The van der Waals surface area contributed by atoms with E-state index in [-0.39, 0.29) is 11.7 Å². The van der Waals surface area contributed by atoms with Gasteiger partial charge in [0.25, 0.3) is 5.91 Å². The van der Waals surface area contributed by atoms with Gasteiger partial charge >= 0.3 is 0 Å². The van der Waals surface area contributed by atoms with E-state index < -0.39 is 6.04 Å². The first-order chi connectivity index (χ1) is 8.93. The van der Waals surface area contributed by atoms with Gasteiger partial charge in [0.1, 0.15) is 11.8 Å². The zero-order chi connectivity index (χ0) is 14.4. The maximum Gasteiger partial charge on any atom is 0.268 e. The molecule has 2 N–H and O–H groups in total. The molecule has 0 radical (unpaired) electrons. The maximum atomic E-state index is 12.1. The lowest BCUT2D eigenvalue weighted by Gasteiger charge is -2.23. The van der Waals surface area contributed by atoms with Crippen LogP contribution in [0, 0.1) is 0 Å². The Labute approximate surface area is 113 Å². The number of phenols is 1. The molecule has 5 nitrogen and oxygen atoms in total. The molecule has 104 valence electrons. The van der Waals surface area contributed by atoms with Crippen LogP contribution in [-0.4, -0.2) is 36.3 Å². The van der Waals surface area contributed by atoms with E-state index in [4.69, 9.17) is 4.84 Å². The average molecular weight is 264 g/mol. The Morgan fingerprint density at radius 3 is 2.53 bits per heavy atom. The Bertz CT molecular complexity index is 443. The minimum atomic E-state index is -0.452. The third-order valence-corrected chi connectivity index (χ3v) is 2.68. The van der Waals surface area contributed by atoms with Gasteiger partial charge in [0.2, 0.25) is 0 Å². The van der Waals surface area contributed by atoms with Crippen molar-refractivity contribution in [3.63, 3.8) is 0 Å². The number of likely N-dealkylation sites (N-methyl/N-ethyl adjacent to an activating group) is 1. The van der Waals surface area contributed by atoms with Crippen LogP contribution in [-0.2, 0) is 16.1 Å². The van der Waals surface area contributed by atoms with Crippen LogP contribution < -0.4 is 5.32 Å². The average Bonchev–Trinajstić information content (AvgIpc) is 2.38. The van der Waals surface area contributed by atoms with Crippen molar-refractivity contribution in [2.45, 2.75) is 19.4 Å². The van der Waals surface area contributed by atoms with Crippen molar-refractivity contribution in [2.24, 2.45) is 0 Å². The quantitative estimate of drug-likeness (QED) is 0.763. The van der Waals surface area contributed by atoms with E-state index in [1.807, 2.05) is 0 Å². The predicted octanol–water partition coefficient (Wildman–Crippen LogP) is 1.45. The zero-order valence-corrected chi connectivity index (χ0v) is 11.5. The predicted molar refractivity (Wildman–Crippen MR) is 73.3 cm³/mol. The molecule has 1 amide bonds. The van der Waals surface area contributed by atoms with E-state index >= 15 is 0 Å². The molecule has 0 aliphatic heterocycles. The highest BCUT2D eigenvalue weighted by Crippen LogP contribution is 2.12. The van der Waals surface area contributed by atoms with Crippen molar-refractivity contribution < 1.29 is 14.7 Å². The van der Waals surface area contributed by atoms with Gasteiger partial charge in [-0.05, 0) is 24.6 Å². The van der Waals surface area contributed by atoms with Crippen LogP contribution in [0.25, 0.3) is 0 Å². The lowest BCUT2D eigenvalue weighted by atomic mass is 10.0. The second-order valence-corrected chi connectivity index (χ2v) is 4.37. The van der Waals surface area contributed by atoms with Crippen molar-refractivity contribution in [3.8, 4) is 5.75 Å². The largest absolute Gasteiger partial charge is 0.508 e. The number of phenolic OH excluding ortho intramolecular Hbond substituents is 1. The summed E-state index contributed by atoms with van der Waals surface area (Å²) in [5.41, 5.74) is 1.65. The molecule has 0 bridgehead atoms. The first-order valence-electron chi connectivity index (χ1n) is 5.95. The van der Waals surface area contributed by atoms with E-state index in [9.17, 15) is 9.90 Å². The normalized spacial score (nSPS) is 11.7. The molecule has 0 aromatic heterocycles. The topological polar surface area (TPSA) is 61.8 Å². The van der Waals surface area contributed by atoms with Gasteiger partial charge in [0.05, 0.1) is 7.11 Å². The van der Waals surface area contributed by atoms with Gasteiger partial charge in [0, 0.05) is 19.2 Å². The fourth-order valence-electron chi connectivity index (χ4n) is 1.67. The van der Waals surface area contributed by atoms with E-state index in [0.717, 1.165) is 5.56 Å². The number of hydrogen-bond donors (Lipinski definition) is 2. The van der Waals surface area contributed by atoms with E-state index in [2.05, 4.69) is 11.9 Å². The number of allylic oxidation sites excluding steroid dienone is 1. The zero-order valence-electron chi connectivity index (χ0n) is 11.5. The molecule has 0 saturated heterocycles. The maximum absolute atomic E-state index is 12.1. The van der Waals surface area contributed by atoms with Gasteiger partial charge in [-0.1, -0.05) is 18.7 Å². The van der Waals surface area contributed by atoms with E-state index in [1.54, 1.807) is 38.2 Å². The van der Waals surface area contributed by atoms with Gasteiger partial charge in [-0.3, -0.25) is 9.63 Å². The molecule has 0 fully saturated rings. The number of nitrogens with zero attached hydrogens (tertiary/aromatic N) is 1. The van der Waals surface area contributed by atoms with E-state index in [1.165, 1.54) is 12.2 Å². The van der Waals surface area contributed by atoms with Gasteiger partial charge in [-0.15, -0.1) is 0 Å². The molecule has 19 heavy (non-hydrogen) atoms. The number of benzene rings is 1. The van der Waals surface area contributed by atoms with Crippen LogP contribution in [0.3, 0.4) is 0 Å². The molecule has 1 atom stereocenters.